The predicted octanol–water partition coefficient (Wildman–Crippen LogP) is 2.22. The molecule has 1 heterocycles. The van der Waals surface area contributed by atoms with E-state index in [1.165, 1.54) is 24.0 Å². The van der Waals surface area contributed by atoms with Crippen LogP contribution in [0.25, 0.3) is 0 Å². The molecule has 74 valence electrons. The van der Waals surface area contributed by atoms with Crippen molar-refractivity contribution in [3.8, 4) is 0 Å². The number of likely N-dealkylation sites (tertiary alicyclic amines) is 1. The smallest absolute Gasteiger partial charge is 0.123 e. The first-order valence-electron chi connectivity index (χ1n) is 4.79. The second-order valence-corrected chi connectivity index (χ2v) is 3.66. The van der Waals surface area contributed by atoms with Crippen molar-refractivity contribution in [2.45, 2.75) is 12.3 Å². The molecule has 0 spiro atoms. The van der Waals surface area contributed by atoms with Crippen molar-refractivity contribution in [1.29, 1.82) is 5.41 Å². The van der Waals surface area contributed by atoms with Crippen LogP contribution >= 0.6 is 0 Å². The molecular weight excluding hydrogens is 179 g/mol. The number of nitrogens with one attached hydrogen (secondary N) is 1. The Morgan fingerprint density at radius 3 is 2.64 bits per heavy atom. The molecule has 14 heavy (non-hydrogen) atoms. The lowest BCUT2D eigenvalue weighted by Gasteiger charge is -2.11. The number of hydrogen-bond donors (Lipinski definition) is 1. The van der Waals surface area contributed by atoms with Crippen molar-refractivity contribution in [2.24, 2.45) is 0 Å². The zero-order chi connectivity index (χ0) is 9.97. The first-order chi connectivity index (χ1) is 6.79. The summed E-state index contributed by atoms with van der Waals surface area (Å²) in [6, 6.07) is 6.69. The SMILES string of the molecule is N=CN1CCC(c2ccc(F)cc2)C1. The van der Waals surface area contributed by atoms with E-state index < -0.39 is 0 Å². The van der Waals surface area contributed by atoms with Gasteiger partial charge < -0.3 is 4.90 Å². The summed E-state index contributed by atoms with van der Waals surface area (Å²) in [5.74, 6) is 0.271. The number of nitrogens with zero attached hydrogens (tertiary/aromatic N) is 1. The number of rotatable bonds is 2. The molecule has 0 radical (unpaired) electrons. The van der Waals surface area contributed by atoms with Crippen LogP contribution in [0.4, 0.5) is 4.39 Å². The maximum Gasteiger partial charge on any atom is 0.123 e. The third-order valence-electron chi connectivity index (χ3n) is 2.74. The fourth-order valence-electron chi connectivity index (χ4n) is 1.91. The van der Waals surface area contributed by atoms with Crippen molar-refractivity contribution in [3.05, 3.63) is 35.6 Å². The van der Waals surface area contributed by atoms with Gasteiger partial charge in [0.05, 0.1) is 6.34 Å². The van der Waals surface area contributed by atoms with Crippen LogP contribution < -0.4 is 0 Å². The Labute approximate surface area is 82.9 Å². The van der Waals surface area contributed by atoms with Crippen LogP contribution in [0, 0.1) is 11.2 Å². The summed E-state index contributed by atoms with van der Waals surface area (Å²) in [6.45, 7) is 1.82. The van der Waals surface area contributed by atoms with Crippen LogP contribution in [0.5, 0.6) is 0 Å². The van der Waals surface area contributed by atoms with Crippen LogP contribution in [0.2, 0.25) is 0 Å². The quantitative estimate of drug-likeness (QED) is 0.564. The second-order valence-electron chi connectivity index (χ2n) is 3.66. The molecule has 1 aromatic rings. The van der Waals surface area contributed by atoms with E-state index in [-0.39, 0.29) is 5.82 Å². The van der Waals surface area contributed by atoms with Crippen LogP contribution in [0.1, 0.15) is 17.9 Å². The van der Waals surface area contributed by atoms with Crippen LogP contribution in [0.15, 0.2) is 24.3 Å². The van der Waals surface area contributed by atoms with Crippen molar-refractivity contribution in [2.75, 3.05) is 13.1 Å². The van der Waals surface area contributed by atoms with Gasteiger partial charge in [0, 0.05) is 19.0 Å². The lowest BCUT2D eigenvalue weighted by atomic mass is 9.99. The van der Waals surface area contributed by atoms with E-state index in [2.05, 4.69) is 0 Å². The third kappa shape index (κ3) is 1.76. The topological polar surface area (TPSA) is 27.1 Å². The van der Waals surface area contributed by atoms with Crippen molar-refractivity contribution >= 4 is 6.34 Å². The predicted molar refractivity (Wildman–Crippen MR) is 54.1 cm³/mol. The van der Waals surface area contributed by atoms with Gasteiger partial charge in [-0.2, -0.15) is 0 Å². The van der Waals surface area contributed by atoms with Crippen LogP contribution in [-0.4, -0.2) is 24.3 Å². The number of halogens is 1. The summed E-state index contributed by atoms with van der Waals surface area (Å²) in [5.41, 5.74) is 1.18. The third-order valence-corrected chi connectivity index (χ3v) is 2.74. The zero-order valence-corrected chi connectivity index (χ0v) is 7.91. The minimum absolute atomic E-state index is 0.185. The standard InChI is InChI=1S/C11H13FN2/c12-11-3-1-9(2-4-11)10-5-6-14(7-10)8-13/h1-4,8,10,13H,5-7H2. The molecule has 1 unspecified atom stereocenters. The van der Waals surface area contributed by atoms with E-state index in [1.807, 2.05) is 17.0 Å². The first-order valence-corrected chi connectivity index (χ1v) is 4.79. The molecule has 1 fully saturated rings. The van der Waals surface area contributed by atoms with Gasteiger partial charge in [0.1, 0.15) is 5.82 Å². The summed E-state index contributed by atoms with van der Waals surface area (Å²) in [4.78, 5) is 1.98. The molecular formula is C11H13FN2. The van der Waals surface area contributed by atoms with Crippen LogP contribution in [-0.2, 0) is 0 Å². The van der Waals surface area contributed by atoms with E-state index in [0.717, 1.165) is 19.5 Å². The Balaban J connectivity index is 2.09. The van der Waals surface area contributed by atoms with E-state index in [1.54, 1.807) is 0 Å². The van der Waals surface area contributed by atoms with Gasteiger partial charge in [-0.05, 0) is 24.1 Å². The molecule has 0 amide bonds. The molecule has 0 saturated carbocycles. The van der Waals surface area contributed by atoms with Gasteiger partial charge in [-0.1, -0.05) is 12.1 Å². The Morgan fingerprint density at radius 1 is 1.36 bits per heavy atom. The van der Waals surface area contributed by atoms with Gasteiger partial charge in [0.2, 0.25) is 0 Å². The van der Waals surface area contributed by atoms with E-state index in [9.17, 15) is 4.39 Å². The van der Waals surface area contributed by atoms with E-state index >= 15 is 0 Å². The molecule has 0 bridgehead atoms. The summed E-state index contributed by atoms with van der Waals surface area (Å²) in [6.07, 6.45) is 2.44. The molecule has 0 aliphatic carbocycles. The molecule has 1 aliphatic heterocycles. The minimum Gasteiger partial charge on any atom is -0.363 e. The molecule has 0 aromatic heterocycles. The summed E-state index contributed by atoms with van der Waals surface area (Å²) >= 11 is 0. The average molecular weight is 192 g/mol. The number of benzene rings is 1. The molecule has 1 N–H and O–H groups in total. The fourth-order valence-corrected chi connectivity index (χ4v) is 1.91. The molecule has 3 heteroatoms. The molecule has 2 rings (SSSR count). The Morgan fingerprint density at radius 2 is 2.07 bits per heavy atom. The highest BCUT2D eigenvalue weighted by Gasteiger charge is 2.21. The lowest BCUT2D eigenvalue weighted by molar-refractivity contribution is 0.523. The van der Waals surface area contributed by atoms with Gasteiger partial charge in [-0.15, -0.1) is 0 Å². The van der Waals surface area contributed by atoms with Gasteiger partial charge in [0.25, 0.3) is 0 Å². The second kappa shape index (κ2) is 3.78. The normalized spacial score (nSPS) is 21.2. The van der Waals surface area contributed by atoms with Crippen molar-refractivity contribution < 1.29 is 4.39 Å². The Hall–Kier alpha value is -1.38. The summed E-state index contributed by atoms with van der Waals surface area (Å²) < 4.78 is 12.7. The first kappa shape index (κ1) is 9.19. The van der Waals surface area contributed by atoms with Gasteiger partial charge in [0.15, 0.2) is 0 Å². The summed E-state index contributed by atoms with van der Waals surface area (Å²) in [7, 11) is 0. The monoisotopic (exact) mass is 192 g/mol. The molecule has 1 saturated heterocycles. The minimum atomic E-state index is -0.185. The van der Waals surface area contributed by atoms with Crippen molar-refractivity contribution in [3.63, 3.8) is 0 Å². The Kier molecular flexibility index (Phi) is 2.48. The lowest BCUT2D eigenvalue weighted by Crippen LogP contribution is -2.17. The van der Waals surface area contributed by atoms with E-state index in [0.29, 0.717) is 5.92 Å². The average Bonchev–Trinajstić information content (AvgIpc) is 2.67. The maximum absolute atomic E-state index is 12.7. The highest BCUT2D eigenvalue weighted by atomic mass is 19.1. The highest BCUT2D eigenvalue weighted by Crippen LogP contribution is 2.26. The number of hydrogen-bond acceptors (Lipinski definition) is 1. The molecule has 2 nitrogen and oxygen atoms in total. The fraction of sp³-hybridized carbons (Fsp3) is 0.364. The Bertz CT molecular complexity index is 321. The largest absolute Gasteiger partial charge is 0.363 e. The van der Waals surface area contributed by atoms with Crippen molar-refractivity contribution in [1.82, 2.24) is 4.90 Å². The molecule has 1 aromatic carbocycles. The van der Waals surface area contributed by atoms with E-state index in [4.69, 9.17) is 5.41 Å². The van der Waals surface area contributed by atoms with Gasteiger partial charge in [-0.3, -0.25) is 5.41 Å². The zero-order valence-electron chi connectivity index (χ0n) is 7.91. The summed E-state index contributed by atoms with van der Waals surface area (Å²) in [5, 5.41) is 7.13. The van der Waals surface area contributed by atoms with Gasteiger partial charge in [-0.25, -0.2) is 4.39 Å². The maximum atomic E-state index is 12.7. The van der Waals surface area contributed by atoms with Gasteiger partial charge >= 0.3 is 0 Å². The molecule has 1 aliphatic rings. The molecule has 1 atom stereocenters. The van der Waals surface area contributed by atoms with Crippen LogP contribution in [0.3, 0.4) is 0 Å². The highest BCUT2D eigenvalue weighted by molar-refractivity contribution is 5.51.